The molecule has 1 fully saturated rings. The molecule has 0 unspecified atom stereocenters. The Morgan fingerprint density at radius 1 is 1.42 bits per heavy atom. The Balaban J connectivity index is 1.47. The van der Waals surface area contributed by atoms with Gasteiger partial charge in [-0.1, -0.05) is 6.07 Å². The summed E-state index contributed by atoms with van der Waals surface area (Å²) in [6.07, 6.45) is 6.79. The summed E-state index contributed by atoms with van der Waals surface area (Å²) < 4.78 is 0. The van der Waals surface area contributed by atoms with Crippen molar-refractivity contribution in [3.05, 3.63) is 41.7 Å². The van der Waals surface area contributed by atoms with Crippen molar-refractivity contribution >= 4 is 34.5 Å². The van der Waals surface area contributed by atoms with Gasteiger partial charge in [0.15, 0.2) is 11.5 Å². The number of aromatic nitrogens is 5. The van der Waals surface area contributed by atoms with Crippen molar-refractivity contribution in [1.29, 1.82) is 0 Å². The molecule has 4 heterocycles. The Morgan fingerprint density at radius 2 is 2.35 bits per heavy atom. The van der Waals surface area contributed by atoms with E-state index >= 15 is 0 Å². The highest BCUT2D eigenvalue weighted by Gasteiger charge is 2.28. The quantitative estimate of drug-likeness (QED) is 0.680. The first kappa shape index (κ1) is 16.7. The minimum absolute atomic E-state index is 0.0413. The molecule has 134 valence electrons. The molecular formula is C17H18ClN7O. The van der Waals surface area contributed by atoms with Crippen LogP contribution in [0.15, 0.2) is 30.9 Å². The van der Waals surface area contributed by atoms with Crippen LogP contribution in [0.5, 0.6) is 0 Å². The fourth-order valence-corrected chi connectivity index (χ4v) is 3.40. The second kappa shape index (κ2) is 7.25. The second-order valence-electron chi connectivity index (χ2n) is 6.28. The molecule has 0 radical (unpaired) electrons. The number of halogens is 1. The number of carbonyl (C=O) groups is 1. The van der Waals surface area contributed by atoms with Crippen LogP contribution in [0, 0.1) is 5.92 Å². The van der Waals surface area contributed by atoms with Crippen molar-refractivity contribution in [1.82, 2.24) is 30.2 Å². The van der Waals surface area contributed by atoms with Crippen molar-refractivity contribution in [2.24, 2.45) is 5.92 Å². The van der Waals surface area contributed by atoms with Crippen molar-refractivity contribution in [3.8, 4) is 0 Å². The van der Waals surface area contributed by atoms with E-state index in [0.717, 1.165) is 30.5 Å². The number of hydrogen-bond acceptors (Lipinski definition) is 6. The van der Waals surface area contributed by atoms with Crippen molar-refractivity contribution in [2.45, 2.75) is 19.4 Å². The number of nitrogens with zero attached hydrogens (tertiary/aromatic N) is 5. The molecule has 0 spiro atoms. The van der Waals surface area contributed by atoms with Gasteiger partial charge in [0, 0.05) is 32.0 Å². The van der Waals surface area contributed by atoms with Gasteiger partial charge in [0.1, 0.15) is 5.52 Å². The molecule has 8 nitrogen and oxygen atoms in total. The van der Waals surface area contributed by atoms with Gasteiger partial charge < -0.3 is 15.2 Å². The summed E-state index contributed by atoms with van der Waals surface area (Å²) in [5.41, 5.74) is 2.25. The van der Waals surface area contributed by atoms with Crippen molar-refractivity contribution in [2.75, 3.05) is 18.0 Å². The van der Waals surface area contributed by atoms with Gasteiger partial charge in [-0.3, -0.25) is 9.78 Å². The summed E-state index contributed by atoms with van der Waals surface area (Å²) in [6, 6.07) is 3.80. The second-order valence-corrected chi connectivity index (χ2v) is 6.62. The van der Waals surface area contributed by atoms with Gasteiger partial charge >= 0.3 is 0 Å². The van der Waals surface area contributed by atoms with Gasteiger partial charge in [-0.15, -0.1) is 0 Å². The largest absolute Gasteiger partial charge is 0.354 e. The normalized spacial score (nSPS) is 17.4. The summed E-state index contributed by atoms with van der Waals surface area (Å²) >= 11 is 6.03. The molecule has 0 aromatic carbocycles. The lowest BCUT2D eigenvalue weighted by Gasteiger charge is -2.33. The molecule has 1 aliphatic heterocycles. The average Bonchev–Trinajstić information content (AvgIpc) is 3.14. The summed E-state index contributed by atoms with van der Waals surface area (Å²) in [6.45, 7) is 1.88. The Kier molecular flexibility index (Phi) is 4.66. The first-order valence-corrected chi connectivity index (χ1v) is 8.86. The van der Waals surface area contributed by atoms with E-state index < -0.39 is 0 Å². The molecule has 1 saturated heterocycles. The Bertz CT molecular complexity index is 914. The van der Waals surface area contributed by atoms with Gasteiger partial charge in [-0.2, -0.15) is 9.97 Å². The zero-order valence-electron chi connectivity index (χ0n) is 14.0. The van der Waals surface area contributed by atoms with Crippen LogP contribution >= 0.6 is 11.6 Å². The maximum absolute atomic E-state index is 12.6. The molecule has 2 N–H and O–H groups in total. The fraction of sp³-hybridized carbons (Fsp3) is 0.353. The average molecular weight is 372 g/mol. The summed E-state index contributed by atoms with van der Waals surface area (Å²) in [5, 5.41) is 3.15. The molecule has 3 aromatic heterocycles. The van der Waals surface area contributed by atoms with E-state index in [1.165, 1.54) is 0 Å². The number of hydrogen-bond donors (Lipinski definition) is 2. The highest BCUT2D eigenvalue weighted by atomic mass is 35.5. The number of piperidine rings is 1. The number of H-pyrrole nitrogens is 1. The molecule has 1 aliphatic rings. The fourth-order valence-electron chi connectivity index (χ4n) is 3.24. The van der Waals surface area contributed by atoms with Crippen molar-refractivity contribution < 1.29 is 4.79 Å². The van der Waals surface area contributed by atoms with E-state index in [1.807, 2.05) is 12.1 Å². The van der Waals surface area contributed by atoms with Crippen LogP contribution in [0.2, 0.25) is 5.28 Å². The van der Waals surface area contributed by atoms with Gasteiger partial charge in [0.05, 0.1) is 12.2 Å². The molecule has 26 heavy (non-hydrogen) atoms. The predicted octanol–water partition coefficient (Wildman–Crippen LogP) is 1.93. The number of carbonyl (C=O) groups excluding carboxylic acids is 1. The molecular weight excluding hydrogens is 354 g/mol. The monoisotopic (exact) mass is 371 g/mol. The van der Waals surface area contributed by atoms with E-state index in [0.29, 0.717) is 24.6 Å². The molecule has 1 amide bonds. The molecule has 4 rings (SSSR count). The lowest BCUT2D eigenvalue weighted by molar-refractivity contribution is -0.125. The molecule has 3 aromatic rings. The van der Waals surface area contributed by atoms with E-state index in [1.54, 1.807) is 18.7 Å². The van der Waals surface area contributed by atoms with E-state index in [9.17, 15) is 4.79 Å². The number of nitrogens with one attached hydrogen (secondary N) is 2. The number of imidazole rings is 1. The third-order valence-corrected chi connectivity index (χ3v) is 4.69. The number of aromatic amines is 1. The minimum atomic E-state index is -0.105. The Hall–Kier alpha value is -2.74. The standard InChI is InChI=1S/C17H18ClN7O/c18-17-23-14-13(21-10-22-14)15(24-17)25-6-2-4-12(9-25)16(26)20-8-11-3-1-5-19-7-11/h1,3,5,7,10,12H,2,4,6,8-9H2,(H,20,26)(H,21,22,23,24)/t12-/m1/s1. The molecule has 1 atom stereocenters. The first-order valence-electron chi connectivity index (χ1n) is 8.49. The van der Waals surface area contributed by atoms with Gasteiger partial charge in [-0.25, -0.2) is 4.98 Å². The maximum atomic E-state index is 12.6. The smallest absolute Gasteiger partial charge is 0.226 e. The predicted molar refractivity (Wildman–Crippen MR) is 97.7 cm³/mol. The third-order valence-electron chi connectivity index (χ3n) is 4.52. The van der Waals surface area contributed by atoms with Crippen LogP contribution in [-0.2, 0) is 11.3 Å². The number of pyridine rings is 1. The van der Waals surface area contributed by atoms with Crippen LogP contribution in [0.25, 0.3) is 11.2 Å². The number of rotatable bonds is 4. The molecule has 0 aliphatic carbocycles. The highest BCUT2D eigenvalue weighted by Crippen LogP contribution is 2.27. The zero-order chi connectivity index (χ0) is 17.9. The third kappa shape index (κ3) is 3.45. The summed E-state index contributed by atoms with van der Waals surface area (Å²) in [5.74, 6) is 0.633. The van der Waals surface area contributed by atoms with Crippen molar-refractivity contribution in [3.63, 3.8) is 0 Å². The van der Waals surface area contributed by atoms with E-state index in [2.05, 4.69) is 35.1 Å². The van der Waals surface area contributed by atoms with Gasteiger partial charge in [-0.05, 0) is 36.1 Å². The summed E-state index contributed by atoms with van der Waals surface area (Å²) in [4.78, 5) is 34.4. The maximum Gasteiger partial charge on any atom is 0.226 e. The van der Waals surface area contributed by atoms with Crippen LogP contribution < -0.4 is 10.2 Å². The number of amides is 1. The van der Waals surface area contributed by atoms with Crippen LogP contribution in [-0.4, -0.2) is 43.9 Å². The van der Waals surface area contributed by atoms with Gasteiger partial charge in [0.2, 0.25) is 11.2 Å². The number of fused-ring (bicyclic) bond motifs is 1. The van der Waals surface area contributed by atoms with Crippen LogP contribution in [0.3, 0.4) is 0 Å². The van der Waals surface area contributed by atoms with Crippen LogP contribution in [0.1, 0.15) is 18.4 Å². The topological polar surface area (TPSA) is 99.7 Å². The molecule has 0 saturated carbocycles. The summed E-state index contributed by atoms with van der Waals surface area (Å²) in [7, 11) is 0. The SMILES string of the molecule is O=C(NCc1cccnc1)[C@@H]1CCCN(c2nc(Cl)nc3nc[nH]c23)C1. The van der Waals surface area contributed by atoms with Crippen LogP contribution in [0.4, 0.5) is 5.82 Å². The number of anilines is 1. The van der Waals surface area contributed by atoms with E-state index in [4.69, 9.17) is 11.6 Å². The minimum Gasteiger partial charge on any atom is -0.354 e. The Labute approximate surface area is 155 Å². The lowest BCUT2D eigenvalue weighted by Crippen LogP contribution is -2.43. The Morgan fingerprint density at radius 3 is 3.19 bits per heavy atom. The zero-order valence-corrected chi connectivity index (χ0v) is 14.8. The highest BCUT2D eigenvalue weighted by molar-refractivity contribution is 6.28. The first-order chi connectivity index (χ1) is 12.7. The molecule has 0 bridgehead atoms. The van der Waals surface area contributed by atoms with E-state index in [-0.39, 0.29) is 17.1 Å². The molecule has 9 heteroatoms. The lowest BCUT2D eigenvalue weighted by atomic mass is 9.97. The van der Waals surface area contributed by atoms with Gasteiger partial charge in [0.25, 0.3) is 0 Å².